The Labute approximate surface area is 123 Å². The maximum atomic E-state index is 12.4. The molecule has 1 amide bonds. The van der Waals surface area contributed by atoms with Crippen LogP contribution in [0.15, 0.2) is 30.6 Å². The number of esters is 1. The van der Waals surface area contributed by atoms with Crippen molar-refractivity contribution in [2.45, 2.75) is 19.9 Å². The minimum atomic E-state index is -0.433. The van der Waals surface area contributed by atoms with Gasteiger partial charge in [0.1, 0.15) is 12.6 Å². The van der Waals surface area contributed by atoms with Gasteiger partial charge >= 0.3 is 5.97 Å². The molecule has 0 aliphatic heterocycles. The van der Waals surface area contributed by atoms with E-state index in [-0.39, 0.29) is 12.5 Å². The molecule has 112 valence electrons. The molecule has 0 saturated heterocycles. The molecule has 0 aliphatic carbocycles. The summed E-state index contributed by atoms with van der Waals surface area (Å²) in [4.78, 5) is 29.5. The molecule has 6 heteroatoms. The van der Waals surface area contributed by atoms with Gasteiger partial charge in [0.25, 0.3) is 0 Å². The number of ether oxygens (including phenoxy) is 1. The number of amides is 1. The lowest BCUT2D eigenvalue weighted by Gasteiger charge is -2.21. The molecular formula is C15H19N3O3. The van der Waals surface area contributed by atoms with Crippen molar-refractivity contribution in [2.24, 2.45) is 0 Å². The third kappa shape index (κ3) is 3.21. The molecule has 6 nitrogen and oxygen atoms in total. The van der Waals surface area contributed by atoms with E-state index >= 15 is 0 Å². The van der Waals surface area contributed by atoms with Crippen molar-refractivity contribution in [3.63, 3.8) is 0 Å². The second kappa shape index (κ2) is 6.39. The molecule has 0 radical (unpaired) electrons. The number of fused-ring (bicyclic) bond motifs is 1. The first-order chi connectivity index (χ1) is 10.0. The third-order valence-electron chi connectivity index (χ3n) is 3.30. The molecule has 2 aromatic rings. The Balaban J connectivity index is 2.13. The number of hydrogen-bond donors (Lipinski definition) is 0. The zero-order chi connectivity index (χ0) is 15.4. The van der Waals surface area contributed by atoms with Crippen LogP contribution in [-0.4, -0.2) is 46.5 Å². The summed E-state index contributed by atoms with van der Waals surface area (Å²) in [6.07, 6.45) is 1.64. The fraction of sp³-hybridized carbons (Fsp3) is 0.400. The lowest BCUT2D eigenvalue weighted by Crippen LogP contribution is -2.37. The van der Waals surface area contributed by atoms with Crippen LogP contribution in [0.4, 0.5) is 0 Å². The van der Waals surface area contributed by atoms with E-state index in [4.69, 9.17) is 4.74 Å². The summed E-state index contributed by atoms with van der Waals surface area (Å²) in [5.41, 5.74) is 1.73. The van der Waals surface area contributed by atoms with Crippen molar-refractivity contribution in [1.29, 1.82) is 0 Å². The third-order valence-corrected chi connectivity index (χ3v) is 3.30. The van der Waals surface area contributed by atoms with Gasteiger partial charge in [-0.25, -0.2) is 4.98 Å². The predicted molar refractivity (Wildman–Crippen MR) is 78.7 cm³/mol. The van der Waals surface area contributed by atoms with Crippen molar-refractivity contribution in [1.82, 2.24) is 14.5 Å². The summed E-state index contributed by atoms with van der Waals surface area (Å²) in [6, 6.07) is 7.18. The molecule has 0 aliphatic rings. The van der Waals surface area contributed by atoms with Gasteiger partial charge in [-0.3, -0.25) is 9.59 Å². The van der Waals surface area contributed by atoms with E-state index in [1.807, 2.05) is 24.3 Å². The molecule has 0 bridgehead atoms. The quantitative estimate of drug-likeness (QED) is 0.785. The smallest absolute Gasteiger partial charge is 0.325 e. The molecular weight excluding hydrogens is 270 g/mol. The number of benzene rings is 1. The minimum Gasteiger partial charge on any atom is -0.465 e. The van der Waals surface area contributed by atoms with Crippen LogP contribution in [-0.2, 0) is 14.3 Å². The molecule has 21 heavy (non-hydrogen) atoms. The number of para-hydroxylation sites is 2. The standard InChI is InChI=1S/C15H19N3O3/c1-4-21-14(19)9-17(3)15(20)11(2)18-10-16-12-7-5-6-8-13(12)18/h5-8,10-11H,4,9H2,1-3H3. The number of imidazole rings is 1. The first-order valence-electron chi connectivity index (χ1n) is 6.86. The maximum Gasteiger partial charge on any atom is 0.325 e. The van der Waals surface area contributed by atoms with Gasteiger partial charge in [0.05, 0.1) is 24.0 Å². The fourth-order valence-corrected chi connectivity index (χ4v) is 2.20. The number of likely N-dealkylation sites (N-methyl/N-ethyl adjacent to an activating group) is 1. The molecule has 1 atom stereocenters. The van der Waals surface area contributed by atoms with Gasteiger partial charge in [0.2, 0.25) is 5.91 Å². The van der Waals surface area contributed by atoms with E-state index in [0.717, 1.165) is 11.0 Å². The summed E-state index contributed by atoms with van der Waals surface area (Å²) >= 11 is 0. The maximum absolute atomic E-state index is 12.4. The van der Waals surface area contributed by atoms with Crippen molar-refractivity contribution in [2.75, 3.05) is 20.2 Å². The Morgan fingerprint density at radius 3 is 2.81 bits per heavy atom. The van der Waals surface area contributed by atoms with Crippen LogP contribution < -0.4 is 0 Å². The van der Waals surface area contributed by atoms with Crippen LogP contribution in [0.3, 0.4) is 0 Å². The Morgan fingerprint density at radius 1 is 1.38 bits per heavy atom. The van der Waals surface area contributed by atoms with Crippen molar-refractivity contribution in [3.05, 3.63) is 30.6 Å². The van der Waals surface area contributed by atoms with E-state index in [1.165, 1.54) is 4.90 Å². The van der Waals surface area contributed by atoms with Crippen LogP contribution in [0.1, 0.15) is 19.9 Å². The number of carbonyl (C=O) groups excluding carboxylic acids is 2. The Kier molecular flexibility index (Phi) is 4.57. The van der Waals surface area contributed by atoms with Gasteiger partial charge in [-0.1, -0.05) is 12.1 Å². The molecule has 1 heterocycles. The first-order valence-corrected chi connectivity index (χ1v) is 6.86. The summed E-state index contributed by atoms with van der Waals surface area (Å²) in [6.45, 7) is 3.78. The minimum absolute atomic E-state index is 0.0519. The lowest BCUT2D eigenvalue weighted by molar-refractivity contribution is -0.148. The highest BCUT2D eigenvalue weighted by Crippen LogP contribution is 2.18. The molecule has 2 rings (SSSR count). The summed E-state index contributed by atoms with van der Waals surface area (Å²) in [7, 11) is 1.59. The second-order valence-corrected chi connectivity index (χ2v) is 4.82. The average molecular weight is 289 g/mol. The zero-order valence-electron chi connectivity index (χ0n) is 12.4. The number of hydrogen-bond acceptors (Lipinski definition) is 4. The second-order valence-electron chi connectivity index (χ2n) is 4.82. The molecule has 1 aromatic carbocycles. The highest BCUT2D eigenvalue weighted by atomic mass is 16.5. The zero-order valence-corrected chi connectivity index (χ0v) is 12.4. The molecule has 0 N–H and O–H groups in total. The van der Waals surface area contributed by atoms with Crippen LogP contribution in [0, 0.1) is 0 Å². The van der Waals surface area contributed by atoms with Crippen molar-refractivity contribution < 1.29 is 14.3 Å². The lowest BCUT2D eigenvalue weighted by atomic mass is 10.2. The van der Waals surface area contributed by atoms with E-state index in [0.29, 0.717) is 6.61 Å². The number of carbonyl (C=O) groups is 2. The van der Waals surface area contributed by atoms with Crippen LogP contribution in [0.25, 0.3) is 11.0 Å². The van der Waals surface area contributed by atoms with Crippen LogP contribution >= 0.6 is 0 Å². The molecule has 0 fully saturated rings. The Hall–Kier alpha value is -2.37. The normalized spacial score (nSPS) is 12.1. The molecule has 1 unspecified atom stereocenters. The highest BCUT2D eigenvalue weighted by molar-refractivity contribution is 5.86. The summed E-state index contributed by atoms with van der Waals surface area (Å²) in [5, 5.41) is 0. The van der Waals surface area contributed by atoms with Gasteiger partial charge in [0, 0.05) is 7.05 Å². The molecule has 1 aromatic heterocycles. The number of rotatable bonds is 5. The largest absolute Gasteiger partial charge is 0.465 e. The van der Waals surface area contributed by atoms with Crippen molar-refractivity contribution >= 4 is 22.9 Å². The average Bonchev–Trinajstić information content (AvgIpc) is 2.89. The van der Waals surface area contributed by atoms with Gasteiger partial charge in [-0.15, -0.1) is 0 Å². The van der Waals surface area contributed by atoms with Gasteiger partial charge in [0.15, 0.2) is 0 Å². The molecule has 0 saturated carbocycles. The number of aromatic nitrogens is 2. The van der Waals surface area contributed by atoms with Crippen LogP contribution in [0.5, 0.6) is 0 Å². The van der Waals surface area contributed by atoms with E-state index < -0.39 is 12.0 Å². The molecule has 0 spiro atoms. The Bertz CT molecular complexity index is 650. The van der Waals surface area contributed by atoms with E-state index in [1.54, 1.807) is 31.8 Å². The summed E-state index contributed by atoms with van der Waals surface area (Å²) < 4.78 is 6.66. The monoisotopic (exact) mass is 289 g/mol. The Morgan fingerprint density at radius 2 is 2.10 bits per heavy atom. The SMILES string of the molecule is CCOC(=O)CN(C)C(=O)C(C)n1cnc2ccccc21. The van der Waals surface area contributed by atoms with Gasteiger partial charge < -0.3 is 14.2 Å². The summed E-state index contributed by atoms with van der Waals surface area (Å²) in [5.74, 6) is -0.567. The van der Waals surface area contributed by atoms with Gasteiger partial charge in [-0.2, -0.15) is 0 Å². The van der Waals surface area contributed by atoms with E-state index in [9.17, 15) is 9.59 Å². The predicted octanol–water partition coefficient (Wildman–Crippen LogP) is 1.62. The van der Waals surface area contributed by atoms with Crippen LogP contribution in [0.2, 0.25) is 0 Å². The van der Waals surface area contributed by atoms with Gasteiger partial charge in [-0.05, 0) is 26.0 Å². The van der Waals surface area contributed by atoms with Crippen molar-refractivity contribution in [3.8, 4) is 0 Å². The first kappa shape index (κ1) is 15.0. The topological polar surface area (TPSA) is 64.4 Å². The van der Waals surface area contributed by atoms with E-state index in [2.05, 4.69) is 4.98 Å². The fourth-order valence-electron chi connectivity index (χ4n) is 2.20. The number of nitrogens with zero attached hydrogens (tertiary/aromatic N) is 3. The highest BCUT2D eigenvalue weighted by Gasteiger charge is 2.22.